The molecule has 0 radical (unpaired) electrons. The number of anilines is 1. The fraction of sp³-hybridized carbons (Fsp3) is 0.118. The van der Waals surface area contributed by atoms with Gasteiger partial charge in [-0.05, 0) is 37.1 Å². The van der Waals surface area contributed by atoms with Crippen LogP contribution in [0.25, 0.3) is 0 Å². The summed E-state index contributed by atoms with van der Waals surface area (Å²) in [5, 5.41) is 6.28. The Labute approximate surface area is 129 Å². The van der Waals surface area contributed by atoms with E-state index in [-0.39, 0.29) is 0 Å². The van der Waals surface area contributed by atoms with E-state index in [1.54, 1.807) is 18.2 Å². The smallest absolute Gasteiger partial charge is 0.318 e. The third-order valence-electron chi connectivity index (χ3n) is 2.94. The second-order valence-electron chi connectivity index (χ2n) is 4.93. The molecule has 0 saturated heterocycles. The molecule has 2 N–H and O–H groups in total. The summed E-state index contributed by atoms with van der Waals surface area (Å²) in [5.41, 5.74) is 5.74. The second kappa shape index (κ2) is 7.17. The molecule has 0 aromatic heterocycles. The standard InChI is InChI=1S/C17H17N3O2/c1-12-6-8-14(9-7-12)11-18-20-17(22)16(21)19-15-5-3-4-13(2)10-15/h3-11H,1-2H3,(H,19,21)(H,20,22)/b18-11+. The molecule has 0 bridgehead atoms. The molecule has 0 saturated carbocycles. The van der Waals surface area contributed by atoms with Crippen molar-refractivity contribution in [1.82, 2.24) is 5.43 Å². The van der Waals surface area contributed by atoms with E-state index >= 15 is 0 Å². The normalized spacial score (nSPS) is 10.5. The van der Waals surface area contributed by atoms with Gasteiger partial charge in [0.05, 0.1) is 6.21 Å². The van der Waals surface area contributed by atoms with Crippen molar-refractivity contribution in [2.75, 3.05) is 5.32 Å². The number of benzene rings is 2. The molecule has 2 amide bonds. The molecule has 0 aliphatic carbocycles. The molecule has 22 heavy (non-hydrogen) atoms. The molecule has 0 spiro atoms. The summed E-state index contributed by atoms with van der Waals surface area (Å²) in [5.74, 6) is -1.57. The molecule has 5 heteroatoms. The maximum atomic E-state index is 11.7. The Morgan fingerprint density at radius 1 is 0.955 bits per heavy atom. The Morgan fingerprint density at radius 3 is 2.36 bits per heavy atom. The van der Waals surface area contributed by atoms with Crippen LogP contribution in [-0.2, 0) is 9.59 Å². The first-order valence-electron chi connectivity index (χ1n) is 6.82. The largest absolute Gasteiger partial charge is 0.329 e. The van der Waals surface area contributed by atoms with E-state index in [1.807, 2.05) is 44.2 Å². The fourth-order valence-electron chi connectivity index (χ4n) is 1.78. The van der Waals surface area contributed by atoms with E-state index in [4.69, 9.17) is 0 Å². The Hall–Kier alpha value is -2.95. The number of carbonyl (C=O) groups is 2. The second-order valence-corrected chi connectivity index (χ2v) is 4.93. The Bertz CT molecular complexity index is 706. The van der Waals surface area contributed by atoms with E-state index in [2.05, 4.69) is 15.8 Å². The number of hydrogen-bond acceptors (Lipinski definition) is 3. The lowest BCUT2D eigenvalue weighted by Crippen LogP contribution is -2.32. The monoisotopic (exact) mass is 295 g/mol. The maximum absolute atomic E-state index is 11.7. The fourth-order valence-corrected chi connectivity index (χ4v) is 1.78. The van der Waals surface area contributed by atoms with Crippen LogP contribution in [0.5, 0.6) is 0 Å². The summed E-state index contributed by atoms with van der Waals surface area (Å²) in [7, 11) is 0. The predicted molar refractivity (Wildman–Crippen MR) is 86.7 cm³/mol. The molecule has 112 valence electrons. The van der Waals surface area contributed by atoms with E-state index in [9.17, 15) is 9.59 Å². The molecular formula is C17H17N3O2. The van der Waals surface area contributed by atoms with Crippen molar-refractivity contribution >= 4 is 23.7 Å². The van der Waals surface area contributed by atoms with Crippen molar-refractivity contribution in [2.45, 2.75) is 13.8 Å². The van der Waals surface area contributed by atoms with Crippen LogP contribution >= 0.6 is 0 Å². The molecule has 2 aromatic rings. The van der Waals surface area contributed by atoms with Crippen LogP contribution in [0.15, 0.2) is 53.6 Å². The summed E-state index contributed by atoms with van der Waals surface area (Å²) in [6.45, 7) is 3.89. The lowest BCUT2D eigenvalue weighted by molar-refractivity contribution is -0.136. The maximum Gasteiger partial charge on any atom is 0.329 e. The molecule has 2 rings (SSSR count). The average Bonchev–Trinajstić information content (AvgIpc) is 2.49. The quantitative estimate of drug-likeness (QED) is 0.518. The van der Waals surface area contributed by atoms with Crippen LogP contribution in [0.2, 0.25) is 0 Å². The van der Waals surface area contributed by atoms with Gasteiger partial charge in [-0.25, -0.2) is 5.43 Å². The average molecular weight is 295 g/mol. The summed E-state index contributed by atoms with van der Waals surface area (Å²) in [4.78, 5) is 23.4. The number of carbonyl (C=O) groups excluding carboxylic acids is 2. The third-order valence-corrected chi connectivity index (χ3v) is 2.94. The van der Waals surface area contributed by atoms with E-state index < -0.39 is 11.8 Å². The van der Waals surface area contributed by atoms with Crippen LogP contribution in [-0.4, -0.2) is 18.0 Å². The minimum absolute atomic E-state index is 0.572. The van der Waals surface area contributed by atoms with Gasteiger partial charge in [0.2, 0.25) is 0 Å². The summed E-state index contributed by atoms with van der Waals surface area (Å²) in [6, 6.07) is 14.8. The first kappa shape index (κ1) is 15.4. The summed E-state index contributed by atoms with van der Waals surface area (Å²) in [6.07, 6.45) is 1.48. The number of rotatable bonds is 3. The van der Waals surface area contributed by atoms with Crippen molar-refractivity contribution < 1.29 is 9.59 Å². The number of nitrogens with one attached hydrogen (secondary N) is 2. The molecule has 0 aliphatic heterocycles. The third kappa shape index (κ3) is 4.56. The topological polar surface area (TPSA) is 70.6 Å². The summed E-state index contributed by atoms with van der Waals surface area (Å²) >= 11 is 0. The van der Waals surface area contributed by atoms with Crippen LogP contribution in [0.1, 0.15) is 16.7 Å². The van der Waals surface area contributed by atoms with Gasteiger partial charge >= 0.3 is 11.8 Å². The Balaban J connectivity index is 1.89. The Kier molecular flexibility index (Phi) is 5.03. The zero-order chi connectivity index (χ0) is 15.9. The molecular weight excluding hydrogens is 278 g/mol. The van der Waals surface area contributed by atoms with Gasteiger partial charge in [0.15, 0.2) is 0 Å². The van der Waals surface area contributed by atoms with Gasteiger partial charge in [0, 0.05) is 5.69 Å². The molecule has 0 aliphatic rings. The van der Waals surface area contributed by atoms with Gasteiger partial charge in [-0.1, -0.05) is 42.0 Å². The van der Waals surface area contributed by atoms with Gasteiger partial charge < -0.3 is 5.32 Å². The van der Waals surface area contributed by atoms with Crippen LogP contribution in [0.4, 0.5) is 5.69 Å². The predicted octanol–water partition coefficient (Wildman–Crippen LogP) is 2.39. The van der Waals surface area contributed by atoms with Crippen LogP contribution in [0, 0.1) is 13.8 Å². The van der Waals surface area contributed by atoms with E-state index in [0.29, 0.717) is 5.69 Å². The number of amides is 2. The van der Waals surface area contributed by atoms with Gasteiger partial charge in [-0.3, -0.25) is 9.59 Å². The number of aryl methyl sites for hydroxylation is 2. The number of nitrogens with zero attached hydrogens (tertiary/aromatic N) is 1. The highest BCUT2D eigenvalue weighted by Crippen LogP contribution is 2.09. The van der Waals surface area contributed by atoms with Crippen LogP contribution in [0.3, 0.4) is 0 Å². The highest BCUT2D eigenvalue weighted by Gasteiger charge is 2.12. The zero-order valence-corrected chi connectivity index (χ0v) is 12.5. The number of hydrogen-bond donors (Lipinski definition) is 2. The molecule has 2 aromatic carbocycles. The Morgan fingerprint density at radius 2 is 1.68 bits per heavy atom. The van der Waals surface area contributed by atoms with Gasteiger partial charge in [0.1, 0.15) is 0 Å². The first-order valence-corrected chi connectivity index (χ1v) is 6.82. The first-order chi connectivity index (χ1) is 10.5. The zero-order valence-electron chi connectivity index (χ0n) is 12.5. The van der Waals surface area contributed by atoms with Gasteiger partial charge in [-0.2, -0.15) is 5.10 Å². The van der Waals surface area contributed by atoms with E-state index in [0.717, 1.165) is 16.7 Å². The number of hydrazone groups is 1. The van der Waals surface area contributed by atoms with Crippen molar-refractivity contribution in [3.05, 3.63) is 65.2 Å². The minimum Gasteiger partial charge on any atom is -0.318 e. The van der Waals surface area contributed by atoms with Crippen molar-refractivity contribution in [3.63, 3.8) is 0 Å². The van der Waals surface area contributed by atoms with Gasteiger partial charge in [0.25, 0.3) is 0 Å². The SMILES string of the molecule is Cc1ccc(/C=N/NC(=O)C(=O)Nc2cccc(C)c2)cc1. The lowest BCUT2D eigenvalue weighted by atomic mass is 10.2. The highest BCUT2D eigenvalue weighted by atomic mass is 16.2. The lowest BCUT2D eigenvalue weighted by Gasteiger charge is -2.04. The minimum atomic E-state index is -0.815. The molecule has 0 fully saturated rings. The molecule has 5 nitrogen and oxygen atoms in total. The van der Waals surface area contributed by atoms with Crippen LogP contribution < -0.4 is 10.7 Å². The summed E-state index contributed by atoms with van der Waals surface area (Å²) < 4.78 is 0. The van der Waals surface area contributed by atoms with Crippen molar-refractivity contribution in [1.29, 1.82) is 0 Å². The van der Waals surface area contributed by atoms with Crippen molar-refractivity contribution in [3.8, 4) is 0 Å². The molecule has 0 unspecified atom stereocenters. The van der Waals surface area contributed by atoms with Crippen molar-refractivity contribution in [2.24, 2.45) is 5.10 Å². The highest BCUT2D eigenvalue weighted by molar-refractivity contribution is 6.39. The molecule has 0 atom stereocenters. The van der Waals surface area contributed by atoms with Gasteiger partial charge in [-0.15, -0.1) is 0 Å². The van der Waals surface area contributed by atoms with E-state index in [1.165, 1.54) is 6.21 Å². The molecule has 0 heterocycles.